The number of aryl methyl sites for hydroxylation is 2. The van der Waals surface area contributed by atoms with Crippen LogP contribution < -0.4 is 5.32 Å². The van der Waals surface area contributed by atoms with Gasteiger partial charge in [0.25, 0.3) is 0 Å². The van der Waals surface area contributed by atoms with Crippen molar-refractivity contribution in [1.82, 2.24) is 9.38 Å². The SMILES string of the molecule is Cc1cccc(CC(=O)Nc2ccc(-c3cn4ccc(C)cc4n3)cc2)c1. The molecule has 0 saturated carbocycles. The molecule has 0 unspecified atom stereocenters. The molecule has 2 aromatic carbocycles. The number of hydrogen-bond donors (Lipinski definition) is 1. The molecule has 1 amide bonds. The zero-order valence-electron chi connectivity index (χ0n) is 15.4. The van der Waals surface area contributed by atoms with Crippen LogP contribution in [-0.2, 0) is 11.2 Å². The summed E-state index contributed by atoms with van der Waals surface area (Å²) >= 11 is 0. The van der Waals surface area contributed by atoms with Gasteiger partial charge in [0, 0.05) is 23.6 Å². The van der Waals surface area contributed by atoms with Crippen molar-refractivity contribution >= 4 is 17.2 Å². The largest absolute Gasteiger partial charge is 0.326 e. The third-order valence-electron chi connectivity index (χ3n) is 4.53. The molecule has 0 aliphatic rings. The summed E-state index contributed by atoms with van der Waals surface area (Å²) in [5.74, 6) is -0.0171. The number of amides is 1. The van der Waals surface area contributed by atoms with E-state index >= 15 is 0 Å². The summed E-state index contributed by atoms with van der Waals surface area (Å²) in [5, 5.41) is 2.96. The fourth-order valence-electron chi connectivity index (χ4n) is 3.16. The first-order valence-electron chi connectivity index (χ1n) is 8.98. The average molecular weight is 355 g/mol. The quantitative estimate of drug-likeness (QED) is 0.571. The van der Waals surface area contributed by atoms with Crippen LogP contribution in [0, 0.1) is 13.8 Å². The molecule has 4 heteroatoms. The molecule has 2 aromatic heterocycles. The molecular weight excluding hydrogens is 334 g/mol. The fourth-order valence-corrected chi connectivity index (χ4v) is 3.16. The molecule has 0 saturated heterocycles. The summed E-state index contributed by atoms with van der Waals surface area (Å²) in [6.07, 6.45) is 4.40. The Morgan fingerprint density at radius 3 is 2.56 bits per heavy atom. The molecule has 0 aliphatic carbocycles. The van der Waals surface area contributed by atoms with Crippen LogP contribution in [0.1, 0.15) is 16.7 Å². The number of nitrogens with one attached hydrogen (secondary N) is 1. The van der Waals surface area contributed by atoms with E-state index in [9.17, 15) is 4.79 Å². The van der Waals surface area contributed by atoms with E-state index in [-0.39, 0.29) is 5.91 Å². The van der Waals surface area contributed by atoms with Crippen molar-refractivity contribution in [2.75, 3.05) is 5.32 Å². The fraction of sp³-hybridized carbons (Fsp3) is 0.130. The van der Waals surface area contributed by atoms with Crippen LogP contribution >= 0.6 is 0 Å². The van der Waals surface area contributed by atoms with Gasteiger partial charge < -0.3 is 9.72 Å². The average Bonchev–Trinajstić information content (AvgIpc) is 3.05. The highest BCUT2D eigenvalue weighted by Gasteiger charge is 2.07. The van der Waals surface area contributed by atoms with E-state index in [1.807, 2.05) is 72.2 Å². The smallest absolute Gasteiger partial charge is 0.228 e. The van der Waals surface area contributed by atoms with Gasteiger partial charge in [-0.3, -0.25) is 4.79 Å². The van der Waals surface area contributed by atoms with Crippen molar-refractivity contribution in [3.8, 4) is 11.3 Å². The summed E-state index contributed by atoms with van der Waals surface area (Å²) in [4.78, 5) is 16.9. The predicted molar refractivity (Wildman–Crippen MR) is 109 cm³/mol. The second kappa shape index (κ2) is 7.08. The van der Waals surface area contributed by atoms with E-state index in [2.05, 4.69) is 29.4 Å². The number of imidazole rings is 1. The molecule has 0 spiro atoms. The van der Waals surface area contributed by atoms with Crippen molar-refractivity contribution in [3.05, 3.63) is 89.7 Å². The van der Waals surface area contributed by atoms with Gasteiger partial charge >= 0.3 is 0 Å². The van der Waals surface area contributed by atoms with Gasteiger partial charge in [-0.2, -0.15) is 0 Å². The molecule has 134 valence electrons. The normalized spacial score (nSPS) is 10.9. The Labute approximate surface area is 158 Å². The number of aromatic nitrogens is 2. The van der Waals surface area contributed by atoms with E-state index in [1.54, 1.807) is 0 Å². The molecule has 1 N–H and O–H groups in total. The van der Waals surface area contributed by atoms with Crippen LogP contribution in [0.25, 0.3) is 16.9 Å². The van der Waals surface area contributed by atoms with Gasteiger partial charge in [0.1, 0.15) is 5.65 Å². The number of carbonyl (C=O) groups is 1. The van der Waals surface area contributed by atoms with E-state index < -0.39 is 0 Å². The van der Waals surface area contributed by atoms with E-state index in [1.165, 1.54) is 5.56 Å². The lowest BCUT2D eigenvalue weighted by atomic mass is 10.1. The lowest BCUT2D eigenvalue weighted by Crippen LogP contribution is -2.14. The maximum absolute atomic E-state index is 12.3. The second-order valence-electron chi connectivity index (χ2n) is 6.89. The van der Waals surface area contributed by atoms with Gasteiger partial charge in [-0.25, -0.2) is 4.98 Å². The third-order valence-corrected chi connectivity index (χ3v) is 4.53. The van der Waals surface area contributed by atoms with Gasteiger partial charge in [0.2, 0.25) is 5.91 Å². The van der Waals surface area contributed by atoms with Crippen molar-refractivity contribution in [1.29, 1.82) is 0 Å². The van der Waals surface area contributed by atoms with Gasteiger partial charge in [0.15, 0.2) is 0 Å². The highest BCUT2D eigenvalue weighted by Crippen LogP contribution is 2.22. The van der Waals surface area contributed by atoms with Crippen LogP contribution in [0.2, 0.25) is 0 Å². The molecule has 4 aromatic rings. The van der Waals surface area contributed by atoms with Crippen molar-refractivity contribution in [2.24, 2.45) is 0 Å². The number of anilines is 1. The lowest BCUT2D eigenvalue weighted by Gasteiger charge is -2.06. The number of benzene rings is 2. The molecular formula is C23H21N3O. The maximum atomic E-state index is 12.3. The Bertz CT molecular complexity index is 1110. The lowest BCUT2D eigenvalue weighted by molar-refractivity contribution is -0.115. The first-order valence-corrected chi connectivity index (χ1v) is 8.98. The standard InChI is InChI=1S/C23H21N3O/c1-16-4-3-5-18(12-16)14-23(27)24-20-8-6-19(7-9-20)21-15-26-11-10-17(2)13-22(26)25-21/h3-13,15H,14H2,1-2H3,(H,24,27). The van der Waals surface area contributed by atoms with Crippen LogP contribution in [0.4, 0.5) is 5.69 Å². The summed E-state index contributed by atoms with van der Waals surface area (Å²) in [5.41, 5.74) is 7.02. The number of nitrogens with zero attached hydrogens (tertiary/aromatic N) is 2. The van der Waals surface area contributed by atoms with E-state index in [0.29, 0.717) is 6.42 Å². The van der Waals surface area contributed by atoms with E-state index in [4.69, 9.17) is 0 Å². The topological polar surface area (TPSA) is 46.4 Å². The van der Waals surface area contributed by atoms with Gasteiger partial charge in [-0.1, -0.05) is 42.0 Å². The van der Waals surface area contributed by atoms with Crippen molar-refractivity contribution in [3.63, 3.8) is 0 Å². The zero-order valence-corrected chi connectivity index (χ0v) is 15.4. The third kappa shape index (κ3) is 3.90. The van der Waals surface area contributed by atoms with Crippen LogP contribution in [0.3, 0.4) is 0 Å². The van der Waals surface area contributed by atoms with Crippen LogP contribution in [0.5, 0.6) is 0 Å². The number of hydrogen-bond acceptors (Lipinski definition) is 2. The minimum Gasteiger partial charge on any atom is -0.326 e. The molecule has 0 atom stereocenters. The Balaban J connectivity index is 1.47. The summed E-state index contributed by atoms with van der Waals surface area (Å²) in [6.45, 7) is 4.09. The van der Waals surface area contributed by atoms with Gasteiger partial charge in [-0.15, -0.1) is 0 Å². The Morgan fingerprint density at radius 1 is 1.00 bits per heavy atom. The first kappa shape index (κ1) is 17.0. The van der Waals surface area contributed by atoms with Crippen LogP contribution in [-0.4, -0.2) is 15.3 Å². The summed E-state index contributed by atoms with van der Waals surface area (Å²) < 4.78 is 2.01. The first-order chi connectivity index (χ1) is 13.1. The minimum absolute atomic E-state index is 0.0171. The maximum Gasteiger partial charge on any atom is 0.228 e. The van der Waals surface area contributed by atoms with E-state index in [0.717, 1.165) is 33.7 Å². The zero-order chi connectivity index (χ0) is 18.8. The molecule has 0 radical (unpaired) electrons. The molecule has 0 bridgehead atoms. The molecule has 0 aliphatic heterocycles. The van der Waals surface area contributed by atoms with Crippen molar-refractivity contribution in [2.45, 2.75) is 20.3 Å². The Morgan fingerprint density at radius 2 is 1.78 bits per heavy atom. The highest BCUT2D eigenvalue weighted by atomic mass is 16.1. The Kier molecular flexibility index (Phi) is 4.47. The highest BCUT2D eigenvalue weighted by molar-refractivity contribution is 5.92. The summed E-state index contributed by atoms with van der Waals surface area (Å²) in [6, 6.07) is 19.9. The second-order valence-corrected chi connectivity index (χ2v) is 6.89. The van der Waals surface area contributed by atoms with Crippen molar-refractivity contribution < 1.29 is 4.79 Å². The monoisotopic (exact) mass is 355 g/mol. The summed E-state index contributed by atoms with van der Waals surface area (Å²) in [7, 11) is 0. The number of carbonyl (C=O) groups excluding carboxylic acids is 1. The molecule has 2 heterocycles. The Hall–Kier alpha value is -3.40. The number of rotatable bonds is 4. The molecule has 27 heavy (non-hydrogen) atoms. The minimum atomic E-state index is -0.0171. The predicted octanol–water partition coefficient (Wildman–Crippen LogP) is 4.80. The molecule has 0 fully saturated rings. The van der Waals surface area contributed by atoms with Gasteiger partial charge in [-0.05, 0) is 49.2 Å². The molecule has 4 rings (SSSR count). The van der Waals surface area contributed by atoms with Crippen LogP contribution in [0.15, 0.2) is 73.1 Å². The molecule has 4 nitrogen and oxygen atoms in total. The van der Waals surface area contributed by atoms with Gasteiger partial charge in [0.05, 0.1) is 12.1 Å². The number of pyridine rings is 1. The number of fused-ring (bicyclic) bond motifs is 1.